The number of hydrogen-bond acceptors (Lipinski definition) is 3. The van der Waals surface area contributed by atoms with Gasteiger partial charge in [-0.25, -0.2) is 8.42 Å². The molecular weight excluding hydrogens is 324 g/mol. The average Bonchev–Trinajstić information content (AvgIpc) is 3.07. The van der Waals surface area contributed by atoms with Crippen molar-refractivity contribution in [2.75, 3.05) is 17.1 Å². The van der Waals surface area contributed by atoms with Crippen LogP contribution in [0.1, 0.15) is 36.8 Å². The number of para-hydroxylation sites is 1. The molecule has 0 radical (unpaired) electrons. The zero-order valence-electron chi connectivity index (χ0n) is 14.6. The Kier molecular flexibility index (Phi) is 4.60. The lowest BCUT2D eigenvalue weighted by molar-refractivity contribution is -0.120. The summed E-state index contributed by atoms with van der Waals surface area (Å²) in [5.74, 6) is 1.11. The van der Waals surface area contributed by atoms with Gasteiger partial charge in [-0.1, -0.05) is 24.6 Å². The number of sulfonamides is 1. The Morgan fingerprint density at radius 1 is 1.21 bits per heavy atom. The second-order valence-electron chi connectivity index (χ2n) is 7.36. The van der Waals surface area contributed by atoms with Gasteiger partial charge in [0.1, 0.15) is 6.54 Å². The Labute approximate surface area is 144 Å². The molecule has 1 N–H and O–H groups in total. The van der Waals surface area contributed by atoms with Gasteiger partial charge in [0.2, 0.25) is 15.9 Å². The summed E-state index contributed by atoms with van der Waals surface area (Å²) in [7, 11) is -3.53. The van der Waals surface area contributed by atoms with Crippen LogP contribution in [0.5, 0.6) is 0 Å². The average molecular weight is 350 g/mol. The maximum Gasteiger partial charge on any atom is 0.241 e. The fraction of sp³-hybridized carbons (Fsp3) is 0.611. The van der Waals surface area contributed by atoms with Gasteiger partial charge in [-0.3, -0.25) is 9.10 Å². The lowest BCUT2D eigenvalue weighted by atomic mass is 9.95. The number of fused-ring (bicyclic) bond motifs is 2. The van der Waals surface area contributed by atoms with Crippen molar-refractivity contribution in [2.45, 2.75) is 45.6 Å². The predicted molar refractivity (Wildman–Crippen MR) is 95.5 cm³/mol. The van der Waals surface area contributed by atoms with Crippen LogP contribution in [0.4, 0.5) is 5.69 Å². The smallest absolute Gasteiger partial charge is 0.241 e. The molecule has 0 aliphatic heterocycles. The minimum absolute atomic E-state index is 0.154. The molecule has 0 aromatic heterocycles. The number of carbonyl (C=O) groups is 1. The quantitative estimate of drug-likeness (QED) is 0.886. The fourth-order valence-corrected chi connectivity index (χ4v) is 5.34. The lowest BCUT2D eigenvalue weighted by Gasteiger charge is -2.28. The van der Waals surface area contributed by atoms with Crippen molar-refractivity contribution >= 4 is 21.6 Å². The first-order chi connectivity index (χ1) is 11.3. The number of rotatable bonds is 5. The fourth-order valence-electron chi connectivity index (χ4n) is 4.37. The van der Waals surface area contributed by atoms with E-state index >= 15 is 0 Å². The number of nitrogens with one attached hydrogen (secondary N) is 1. The molecule has 1 amide bonds. The van der Waals surface area contributed by atoms with E-state index in [1.165, 1.54) is 23.6 Å². The third-order valence-electron chi connectivity index (χ3n) is 5.46. The van der Waals surface area contributed by atoms with Gasteiger partial charge in [0.15, 0.2) is 0 Å². The Bertz CT molecular complexity index is 724. The van der Waals surface area contributed by atoms with Crippen LogP contribution in [0.15, 0.2) is 18.2 Å². The highest BCUT2D eigenvalue weighted by Crippen LogP contribution is 2.44. The van der Waals surface area contributed by atoms with Gasteiger partial charge >= 0.3 is 0 Å². The molecule has 2 aliphatic rings. The van der Waals surface area contributed by atoms with Gasteiger partial charge in [-0.05, 0) is 56.1 Å². The van der Waals surface area contributed by atoms with E-state index in [9.17, 15) is 13.2 Å². The van der Waals surface area contributed by atoms with Gasteiger partial charge < -0.3 is 5.32 Å². The highest BCUT2D eigenvalue weighted by atomic mass is 32.2. The third kappa shape index (κ3) is 3.43. The van der Waals surface area contributed by atoms with E-state index in [-0.39, 0.29) is 18.5 Å². The number of aryl methyl sites for hydroxylation is 2. The minimum atomic E-state index is -3.53. The first kappa shape index (κ1) is 17.3. The SMILES string of the molecule is Cc1cccc(C)c1N(CC(=O)N[C@@H]1C[C@H]2CC[C@H]1C2)S(C)(=O)=O. The standard InChI is InChI=1S/C18H26N2O3S/c1-12-5-4-6-13(2)18(12)20(24(3,22)23)11-17(21)19-16-10-14-7-8-15(16)9-14/h4-6,14-16H,7-11H2,1-3H3,(H,19,21)/t14-,15-,16+/m0/s1. The van der Waals surface area contributed by atoms with Gasteiger partial charge in [0.25, 0.3) is 0 Å². The van der Waals surface area contributed by atoms with Crippen molar-refractivity contribution in [2.24, 2.45) is 11.8 Å². The van der Waals surface area contributed by atoms with Crippen molar-refractivity contribution in [1.29, 1.82) is 0 Å². The molecule has 1 aromatic carbocycles. The molecular formula is C18H26N2O3S. The lowest BCUT2D eigenvalue weighted by Crippen LogP contribution is -2.46. The van der Waals surface area contributed by atoms with Crippen LogP contribution in [0.25, 0.3) is 0 Å². The highest BCUT2D eigenvalue weighted by Gasteiger charge is 2.40. The molecule has 0 spiro atoms. The first-order valence-electron chi connectivity index (χ1n) is 8.59. The normalized spacial score (nSPS) is 25.7. The molecule has 132 valence electrons. The molecule has 3 rings (SSSR count). The number of hydrogen-bond donors (Lipinski definition) is 1. The first-order valence-corrected chi connectivity index (χ1v) is 10.4. The predicted octanol–water partition coefficient (Wildman–Crippen LogP) is 2.37. The second-order valence-corrected chi connectivity index (χ2v) is 9.27. The van der Waals surface area contributed by atoms with Gasteiger partial charge in [-0.2, -0.15) is 0 Å². The number of amides is 1. The van der Waals surface area contributed by atoms with Crippen LogP contribution in [0.3, 0.4) is 0 Å². The van der Waals surface area contributed by atoms with E-state index in [0.717, 1.165) is 29.7 Å². The molecule has 2 bridgehead atoms. The summed E-state index contributed by atoms with van der Waals surface area (Å²) in [5, 5.41) is 3.08. The van der Waals surface area contributed by atoms with Gasteiger partial charge in [-0.15, -0.1) is 0 Å². The monoisotopic (exact) mass is 350 g/mol. The Morgan fingerprint density at radius 3 is 2.38 bits per heavy atom. The van der Waals surface area contributed by atoms with E-state index in [0.29, 0.717) is 11.6 Å². The number of benzene rings is 1. The van der Waals surface area contributed by atoms with Crippen molar-refractivity contribution < 1.29 is 13.2 Å². The largest absolute Gasteiger partial charge is 0.352 e. The topological polar surface area (TPSA) is 66.5 Å². The highest BCUT2D eigenvalue weighted by molar-refractivity contribution is 7.92. The van der Waals surface area contributed by atoms with Gasteiger partial charge in [0.05, 0.1) is 11.9 Å². The summed E-state index contributed by atoms with van der Waals surface area (Å²) in [6.07, 6.45) is 5.86. The molecule has 0 saturated heterocycles. The van der Waals surface area contributed by atoms with Crippen LogP contribution in [0.2, 0.25) is 0 Å². The summed E-state index contributed by atoms with van der Waals surface area (Å²) in [6.45, 7) is 3.58. The van der Waals surface area contributed by atoms with E-state index < -0.39 is 10.0 Å². The van der Waals surface area contributed by atoms with Crippen LogP contribution in [-0.4, -0.2) is 33.2 Å². The summed E-state index contributed by atoms with van der Waals surface area (Å²) < 4.78 is 25.8. The number of carbonyl (C=O) groups excluding carboxylic acids is 1. The number of anilines is 1. The van der Waals surface area contributed by atoms with Crippen LogP contribution < -0.4 is 9.62 Å². The van der Waals surface area contributed by atoms with E-state index in [2.05, 4.69) is 5.32 Å². The van der Waals surface area contributed by atoms with Gasteiger partial charge in [0, 0.05) is 6.04 Å². The molecule has 1 aromatic rings. The van der Waals surface area contributed by atoms with E-state index in [1.807, 2.05) is 32.0 Å². The minimum Gasteiger partial charge on any atom is -0.352 e. The summed E-state index contributed by atoms with van der Waals surface area (Å²) in [4.78, 5) is 12.5. The number of nitrogens with zero attached hydrogens (tertiary/aromatic N) is 1. The van der Waals surface area contributed by atoms with Crippen LogP contribution in [-0.2, 0) is 14.8 Å². The summed E-state index contributed by atoms with van der Waals surface area (Å²) >= 11 is 0. The molecule has 6 heteroatoms. The molecule has 2 saturated carbocycles. The summed E-state index contributed by atoms with van der Waals surface area (Å²) in [5.41, 5.74) is 2.32. The Morgan fingerprint density at radius 2 is 1.88 bits per heavy atom. The van der Waals surface area contributed by atoms with Crippen LogP contribution in [0, 0.1) is 25.7 Å². The van der Waals surface area contributed by atoms with Crippen molar-refractivity contribution in [3.05, 3.63) is 29.3 Å². The molecule has 0 heterocycles. The third-order valence-corrected chi connectivity index (χ3v) is 6.57. The van der Waals surface area contributed by atoms with E-state index in [4.69, 9.17) is 0 Å². The second kappa shape index (κ2) is 6.39. The maximum absolute atomic E-state index is 12.5. The van der Waals surface area contributed by atoms with E-state index in [1.54, 1.807) is 0 Å². The van der Waals surface area contributed by atoms with Crippen molar-refractivity contribution in [3.63, 3.8) is 0 Å². The molecule has 3 atom stereocenters. The van der Waals surface area contributed by atoms with Crippen molar-refractivity contribution in [1.82, 2.24) is 5.32 Å². The Hall–Kier alpha value is -1.56. The molecule has 5 nitrogen and oxygen atoms in total. The maximum atomic E-state index is 12.5. The molecule has 2 aliphatic carbocycles. The molecule has 24 heavy (non-hydrogen) atoms. The van der Waals surface area contributed by atoms with Crippen LogP contribution >= 0.6 is 0 Å². The summed E-state index contributed by atoms with van der Waals surface area (Å²) in [6, 6.07) is 5.85. The Balaban J connectivity index is 1.77. The molecule has 2 fully saturated rings. The zero-order valence-corrected chi connectivity index (χ0v) is 15.4. The molecule has 0 unspecified atom stereocenters. The zero-order chi connectivity index (χ0) is 17.5. The van der Waals surface area contributed by atoms with Crippen molar-refractivity contribution in [3.8, 4) is 0 Å².